The van der Waals surface area contributed by atoms with E-state index in [0.717, 1.165) is 24.2 Å². The van der Waals surface area contributed by atoms with Crippen LogP contribution in [-0.2, 0) is 4.79 Å². The van der Waals surface area contributed by atoms with Crippen molar-refractivity contribution in [3.63, 3.8) is 0 Å². The Labute approximate surface area is 136 Å². The lowest BCUT2D eigenvalue weighted by Crippen LogP contribution is -2.29. The molecule has 1 saturated heterocycles. The number of carbonyl (C=O) groups is 1. The van der Waals surface area contributed by atoms with E-state index in [4.69, 9.17) is 4.74 Å². The molecule has 1 fully saturated rings. The lowest BCUT2D eigenvalue weighted by atomic mass is 9.91. The third kappa shape index (κ3) is 2.61. The number of ether oxygens (including phenoxy) is 1. The van der Waals surface area contributed by atoms with Gasteiger partial charge in [-0.05, 0) is 49.9 Å². The Kier molecular flexibility index (Phi) is 3.56. The van der Waals surface area contributed by atoms with E-state index in [2.05, 4.69) is 36.1 Å². The number of esters is 1. The van der Waals surface area contributed by atoms with Crippen LogP contribution in [0.25, 0.3) is 0 Å². The summed E-state index contributed by atoms with van der Waals surface area (Å²) in [5.74, 6) is 0.247. The van der Waals surface area contributed by atoms with E-state index in [1.165, 1.54) is 30.5 Å². The van der Waals surface area contributed by atoms with E-state index in [1.807, 2.05) is 18.2 Å². The number of aryl methyl sites for hydroxylation is 1. The molecule has 3 heteroatoms. The summed E-state index contributed by atoms with van der Waals surface area (Å²) >= 11 is 0. The first-order chi connectivity index (χ1) is 11.2. The predicted molar refractivity (Wildman–Crippen MR) is 91.2 cm³/mol. The molecule has 0 amide bonds. The molecule has 2 heterocycles. The first-order valence-corrected chi connectivity index (χ1v) is 8.39. The van der Waals surface area contributed by atoms with Gasteiger partial charge in [0.15, 0.2) is 0 Å². The maximum absolute atomic E-state index is 12.4. The number of carbonyl (C=O) groups excluding carboxylic acids is 1. The Morgan fingerprint density at radius 3 is 2.48 bits per heavy atom. The van der Waals surface area contributed by atoms with Gasteiger partial charge < -0.3 is 9.64 Å². The number of nitrogens with zero attached hydrogens (tertiary/aromatic N) is 1. The molecule has 2 aromatic rings. The molecule has 2 aliphatic rings. The summed E-state index contributed by atoms with van der Waals surface area (Å²) in [6.07, 6.45) is 3.80. The second-order valence-electron chi connectivity index (χ2n) is 6.53. The number of piperidine rings is 1. The highest BCUT2D eigenvalue weighted by atomic mass is 16.5. The van der Waals surface area contributed by atoms with Gasteiger partial charge in [-0.15, -0.1) is 0 Å². The smallest absolute Gasteiger partial charge is 0.323 e. The lowest BCUT2D eigenvalue weighted by Gasteiger charge is -2.29. The van der Waals surface area contributed by atoms with Gasteiger partial charge in [-0.3, -0.25) is 4.79 Å². The topological polar surface area (TPSA) is 29.5 Å². The number of hydrogen-bond acceptors (Lipinski definition) is 3. The van der Waals surface area contributed by atoms with Crippen LogP contribution >= 0.6 is 0 Å². The van der Waals surface area contributed by atoms with Gasteiger partial charge in [0, 0.05) is 24.3 Å². The first kappa shape index (κ1) is 14.3. The SMILES string of the molecule is Cc1ccc(C2C(=O)Oc3ccc(N4CCCCC4)cc32)cc1. The maximum atomic E-state index is 12.4. The van der Waals surface area contributed by atoms with Gasteiger partial charge in [0.05, 0.1) is 0 Å². The van der Waals surface area contributed by atoms with E-state index in [-0.39, 0.29) is 11.9 Å². The zero-order chi connectivity index (χ0) is 15.8. The summed E-state index contributed by atoms with van der Waals surface area (Å²) in [5.41, 5.74) is 4.42. The van der Waals surface area contributed by atoms with Gasteiger partial charge in [-0.2, -0.15) is 0 Å². The molecule has 0 spiro atoms. The molecule has 1 atom stereocenters. The van der Waals surface area contributed by atoms with Crippen molar-refractivity contribution in [2.24, 2.45) is 0 Å². The van der Waals surface area contributed by atoms with Gasteiger partial charge in [-0.1, -0.05) is 29.8 Å². The van der Waals surface area contributed by atoms with Gasteiger partial charge >= 0.3 is 5.97 Å². The van der Waals surface area contributed by atoms with E-state index in [1.54, 1.807) is 0 Å². The maximum Gasteiger partial charge on any atom is 0.323 e. The molecule has 0 N–H and O–H groups in total. The highest BCUT2D eigenvalue weighted by Crippen LogP contribution is 2.41. The fourth-order valence-corrected chi connectivity index (χ4v) is 3.57. The van der Waals surface area contributed by atoms with Crippen molar-refractivity contribution in [1.29, 1.82) is 0 Å². The van der Waals surface area contributed by atoms with Crippen LogP contribution in [0.2, 0.25) is 0 Å². The Morgan fingerprint density at radius 1 is 1.00 bits per heavy atom. The first-order valence-electron chi connectivity index (χ1n) is 8.39. The van der Waals surface area contributed by atoms with Gasteiger partial charge in [-0.25, -0.2) is 0 Å². The molecule has 0 bridgehead atoms. The van der Waals surface area contributed by atoms with E-state index < -0.39 is 0 Å². The van der Waals surface area contributed by atoms with E-state index in [9.17, 15) is 4.79 Å². The molecule has 3 nitrogen and oxygen atoms in total. The number of fused-ring (bicyclic) bond motifs is 1. The Morgan fingerprint density at radius 2 is 1.74 bits per heavy atom. The molecule has 1 unspecified atom stereocenters. The molecular formula is C20H21NO2. The van der Waals surface area contributed by atoms with Crippen LogP contribution in [0.1, 0.15) is 41.9 Å². The third-order valence-corrected chi connectivity index (χ3v) is 4.88. The lowest BCUT2D eigenvalue weighted by molar-refractivity contribution is -0.133. The van der Waals surface area contributed by atoms with Crippen molar-refractivity contribution in [3.8, 4) is 5.75 Å². The number of hydrogen-bond donors (Lipinski definition) is 0. The van der Waals surface area contributed by atoms with E-state index >= 15 is 0 Å². The highest BCUT2D eigenvalue weighted by Gasteiger charge is 2.35. The fraction of sp³-hybridized carbons (Fsp3) is 0.350. The summed E-state index contributed by atoms with van der Waals surface area (Å²) < 4.78 is 5.49. The molecule has 0 saturated carbocycles. The quantitative estimate of drug-likeness (QED) is 0.619. The summed E-state index contributed by atoms with van der Waals surface area (Å²) in [6, 6.07) is 14.3. The molecular weight excluding hydrogens is 286 g/mol. The van der Waals surface area contributed by atoms with Crippen molar-refractivity contribution in [2.45, 2.75) is 32.1 Å². The largest absolute Gasteiger partial charge is 0.425 e. The van der Waals surface area contributed by atoms with Crippen LogP contribution in [0.4, 0.5) is 5.69 Å². The van der Waals surface area contributed by atoms with Gasteiger partial charge in [0.1, 0.15) is 11.7 Å². The van der Waals surface area contributed by atoms with Crippen LogP contribution in [0, 0.1) is 6.92 Å². The second kappa shape index (κ2) is 5.73. The third-order valence-electron chi connectivity index (χ3n) is 4.88. The zero-order valence-electron chi connectivity index (χ0n) is 13.4. The standard InChI is InChI=1S/C20H21NO2/c1-14-5-7-15(8-6-14)19-17-13-16(21-11-3-2-4-12-21)9-10-18(17)23-20(19)22/h5-10,13,19H,2-4,11-12H2,1H3. The van der Waals surface area contributed by atoms with Crippen LogP contribution in [0.5, 0.6) is 5.75 Å². The van der Waals surface area contributed by atoms with Crippen LogP contribution < -0.4 is 9.64 Å². The van der Waals surface area contributed by atoms with Gasteiger partial charge in [0.25, 0.3) is 0 Å². The normalized spacial score (nSPS) is 20.3. The zero-order valence-corrected chi connectivity index (χ0v) is 13.4. The summed E-state index contributed by atoms with van der Waals surface area (Å²) in [4.78, 5) is 14.8. The van der Waals surface area contributed by atoms with Crippen molar-refractivity contribution in [1.82, 2.24) is 0 Å². The molecule has 23 heavy (non-hydrogen) atoms. The van der Waals surface area contributed by atoms with Crippen molar-refractivity contribution in [3.05, 3.63) is 59.2 Å². The van der Waals surface area contributed by atoms with Crippen molar-refractivity contribution >= 4 is 11.7 Å². The molecule has 118 valence electrons. The minimum atomic E-state index is -0.296. The van der Waals surface area contributed by atoms with E-state index in [0.29, 0.717) is 5.75 Å². The minimum Gasteiger partial charge on any atom is -0.425 e. The summed E-state index contributed by atoms with van der Waals surface area (Å²) in [7, 11) is 0. The average molecular weight is 307 g/mol. The Bertz CT molecular complexity index is 730. The van der Waals surface area contributed by atoms with Crippen LogP contribution in [0.3, 0.4) is 0 Å². The molecule has 2 aromatic carbocycles. The number of anilines is 1. The molecule has 0 aliphatic carbocycles. The molecule has 0 radical (unpaired) electrons. The second-order valence-corrected chi connectivity index (χ2v) is 6.53. The summed E-state index contributed by atoms with van der Waals surface area (Å²) in [5, 5.41) is 0. The Hall–Kier alpha value is -2.29. The van der Waals surface area contributed by atoms with Crippen LogP contribution in [-0.4, -0.2) is 19.1 Å². The van der Waals surface area contributed by atoms with Gasteiger partial charge in [0.2, 0.25) is 0 Å². The monoisotopic (exact) mass is 307 g/mol. The molecule has 0 aromatic heterocycles. The molecule has 2 aliphatic heterocycles. The van der Waals surface area contributed by atoms with Crippen molar-refractivity contribution < 1.29 is 9.53 Å². The predicted octanol–water partition coefficient (Wildman–Crippen LogP) is 4.04. The van der Waals surface area contributed by atoms with Crippen molar-refractivity contribution in [2.75, 3.05) is 18.0 Å². The fourth-order valence-electron chi connectivity index (χ4n) is 3.57. The average Bonchev–Trinajstić information content (AvgIpc) is 2.91. The highest BCUT2D eigenvalue weighted by molar-refractivity contribution is 5.90. The molecule has 4 rings (SSSR count). The van der Waals surface area contributed by atoms with Crippen LogP contribution in [0.15, 0.2) is 42.5 Å². The summed E-state index contributed by atoms with van der Waals surface area (Å²) in [6.45, 7) is 4.25. The number of rotatable bonds is 2. The minimum absolute atomic E-state index is 0.167. The number of benzene rings is 2. The Balaban J connectivity index is 1.71.